The first-order chi connectivity index (χ1) is 11.8. The average molecular weight is 318 g/mol. The molecule has 2 aromatic carbocycles. The number of benzene rings is 2. The van der Waals surface area contributed by atoms with Crippen LogP contribution in [0, 0.1) is 0 Å². The minimum Gasteiger partial charge on any atom is -0.496 e. The molecule has 1 N–H and O–H groups in total. The van der Waals surface area contributed by atoms with Crippen LogP contribution in [0.3, 0.4) is 0 Å². The van der Waals surface area contributed by atoms with Crippen molar-refractivity contribution in [1.82, 2.24) is 19.5 Å². The van der Waals surface area contributed by atoms with E-state index in [0.717, 1.165) is 47.0 Å². The quantitative estimate of drug-likeness (QED) is 0.611. The fourth-order valence-corrected chi connectivity index (χ4v) is 2.91. The van der Waals surface area contributed by atoms with E-state index in [1.807, 2.05) is 60.9 Å². The predicted molar refractivity (Wildman–Crippen MR) is 94.0 cm³/mol. The van der Waals surface area contributed by atoms with Crippen LogP contribution in [0.15, 0.2) is 60.9 Å². The minimum absolute atomic E-state index is 0.799. The molecule has 4 rings (SSSR count). The van der Waals surface area contributed by atoms with Crippen molar-refractivity contribution in [3.8, 4) is 17.1 Å². The monoisotopic (exact) mass is 318 g/mol. The number of aromatic amines is 1. The highest BCUT2D eigenvalue weighted by molar-refractivity contribution is 5.74. The van der Waals surface area contributed by atoms with Gasteiger partial charge in [-0.1, -0.05) is 24.3 Å². The highest BCUT2D eigenvalue weighted by atomic mass is 16.5. The van der Waals surface area contributed by atoms with Crippen LogP contribution in [0.25, 0.3) is 22.4 Å². The van der Waals surface area contributed by atoms with Crippen molar-refractivity contribution >= 4 is 11.0 Å². The van der Waals surface area contributed by atoms with Gasteiger partial charge in [0.1, 0.15) is 17.4 Å². The fourth-order valence-electron chi connectivity index (χ4n) is 2.91. The molecular formula is C19H18N4O. The second-order valence-electron chi connectivity index (χ2n) is 5.60. The predicted octanol–water partition coefficient (Wildman–Crippen LogP) is 3.68. The zero-order chi connectivity index (χ0) is 16.4. The third-order valence-corrected chi connectivity index (χ3v) is 4.09. The fraction of sp³-hybridized carbons (Fsp3) is 0.158. The molecule has 0 saturated heterocycles. The van der Waals surface area contributed by atoms with Crippen LogP contribution in [0.4, 0.5) is 0 Å². The summed E-state index contributed by atoms with van der Waals surface area (Å²) in [6, 6.07) is 16.0. The maximum Gasteiger partial charge on any atom is 0.143 e. The minimum atomic E-state index is 0.799. The van der Waals surface area contributed by atoms with Crippen LogP contribution < -0.4 is 4.74 Å². The van der Waals surface area contributed by atoms with Crippen molar-refractivity contribution in [3.05, 3.63) is 66.7 Å². The molecule has 0 atom stereocenters. The Morgan fingerprint density at radius 3 is 2.79 bits per heavy atom. The smallest absolute Gasteiger partial charge is 0.143 e. The number of ether oxygens (including phenoxy) is 1. The second-order valence-corrected chi connectivity index (χ2v) is 5.60. The Hall–Kier alpha value is -3.08. The van der Waals surface area contributed by atoms with Crippen molar-refractivity contribution in [2.24, 2.45) is 0 Å². The Balaban J connectivity index is 1.59. The third kappa shape index (κ3) is 2.65. The maximum absolute atomic E-state index is 5.45. The molecule has 0 aliphatic carbocycles. The number of aromatic nitrogens is 4. The van der Waals surface area contributed by atoms with Gasteiger partial charge < -0.3 is 14.3 Å². The average Bonchev–Trinajstić information content (AvgIpc) is 3.26. The van der Waals surface area contributed by atoms with E-state index in [1.165, 1.54) is 0 Å². The van der Waals surface area contributed by atoms with Crippen molar-refractivity contribution < 1.29 is 4.74 Å². The maximum atomic E-state index is 5.45. The summed E-state index contributed by atoms with van der Waals surface area (Å²) in [5.74, 6) is 2.72. The van der Waals surface area contributed by atoms with Crippen LogP contribution >= 0.6 is 0 Å². The summed E-state index contributed by atoms with van der Waals surface area (Å²) in [5, 5.41) is 0. The van der Waals surface area contributed by atoms with E-state index in [2.05, 4.69) is 19.5 Å². The lowest BCUT2D eigenvalue weighted by atomic mass is 10.2. The first-order valence-corrected chi connectivity index (χ1v) is 7.93. The van der Waals surface area contributed by atoms with Crippen LogP contribution in [0.2, 0.25) is 0 Å². The van der Waals surface area contributed by atoms with Crippen LogP contribution in [0.5, 0.6) is 5.75 Å². The topological polar surface area (TPSA) is 55.7 Å². The van der Waals surface area contributed by atoms with Gasteiger partial charge in [0.05, 0.1) is 23.7 Å². The summed E-state index contributed by atoms with van der Waals surface area (Å²) in [4.78, 5) is 12.5. The molecule has 2 aromatic heterocycles. The van der Waals surface area contributed by atoms with E-state index in [4.69, 9.17) is 4.74 Å². The summed E-state index contributed by atoms with van der Waals surface area (Å²) < 4.78 is 7.58. The first kappa shape index (κ1) is 14.5. The van der Waals surface area contributed by atoms with Crippen LogP contribution in [-0.2, 0) is 13.0 Å². The molecule has 0 radical (unpaired) electrons. The Morgan fingerprint density at radius 2 is 1.92 bits per heavy atom. The van der Waals surface area contributed by atoms with Gasteiger partial charge in [0, 0.05) is 25.4 Å². The third-order valence-electron chi connectivity index (χ3n) is 4.09. The van der Waals surface area contributed by atoms with Gasteiger partial charge in [-0.2, -0.15) is 0 Å². The number of para-hydroxylation sites is 3. The summed E-state index contributed by atoms with van der Waals surface area (Å²) in [5.41, 5.74) is 3.07. The molecule has 0 saturated carbocycles. The molecular weight excluding hydrogens is 300 g/mol. The summed E-state index contributed by atoms with van der Waals surface area (Å²) in [6.45, 7) is 0.799. The van der Waals surface area contributed by atoms with Crippen LogP contribution in [-0.4, -0.2) is 26.6 Å². The Morgan fingerprint density at radius 1 is 1.08 bits per heavy atom. The molecule has 0 bridgehead atoms. The van der Waals surface area contributed by atoms with E-state index in [1.54, 1.807) is 7.11 Å². The standard InChI is InChI=1S/C19H18N4O/c1-24-17-9-5-2-6-14(17)19-20-11-13-23(19)12-10-18-21-15-7-3-4-8-16(15)22-18/h2-9,11,13H,10,12H2,1H3,(H,21,22). The number of nitrogens with zero attached hydrogens (tertiary/aromatic N) is 3. The lowest BCUT2D eigenvalue weighted by Gasteiger charge is -2.10. The summed E-state index contributed by atoms with van der Waals surface area (Å²) >= 11 is 0. The molecule has 120 valence electrons. The Kier molecular flexibility index (Phi) is 3.75. The van der Waals surface area contributed by atoms with Gasteiger partial charge in [0.15, 0.2) is 0 Å². The van der Waals surface area contributed by atoms with Gasteiger partial charge in [0.25, 0.3) is 0 Å². The summed E-state index contributed by atoms with van der Waals surface area (Å²) in [6.07, 6.45) is 4.62. The number of rotatable bonds is 5. The zero-order valence-electron chi connectivity index (χ0n) is 13.4. The molecule has 5 heteroatoms. The largest absolute Gasteiger partial charge is 0.496 e. The van der Waals surface area contributed by atoms with E-state index < -0.39 is 0 Å². The lowest BCUT2D eigenvalue weighted by molar-refractivity contribution is 0.416. The molecule has 0 unspecified atom stereocenters. The van der Waals surface area contributed by atoms with Crippen molar-refractivity contribution in [3.63, 3.8) is 0 Å². The van der Waals surface area contributed by atoms with Gasteiger partial charge in [-0.3, -0.25) is 0 Å². The van der Waals surface area contributed by atoms with Crippen LogP contribution in [0.1, 0.15) is 5.82 Å². The second kappa shape index (κ2) is 6.20. The molecule has 4 aromatic rings. The number of imidazole rings is 2. The number of fused-ring (bicyclic) bond motifs is 1. The first-order valence-electron chi connectivity index (χ1n) is 7.93. The van der Waals surface area contributed by atoms with Crippen molar-refractivity contribution in [1.29, 1.82) is 0 Å². The van der Waals surface area contributed by atoms with Gasteiger partial charge >= 0.3 is 0 Å². The zero-order valence-corrected chi connectivity index (χ0v) is 13.4. The molecule has 5 nitrogen and oxygen atoms in total. The normalized spacial score (nSPS) is 11.0. The lowest BCUT2D eigenvalue weighted by Crippen LogP contribution is -2.04. The van der Waals surface area contributed by atoms with Gasteiger partial charge in [-0.25, -0.2) is 9.97 Å². The number of aryl methyl sites for hydroxylation is 2. The van der Waals surface area contributed by atoms with E-state index in [9.17, 15) is 0 Å². The van der Waals surface area contributed by atoms with Gasteiger partial charge in [-0.05, 0) is 24.3 Å². The van der Waals surface area contributed by atoms with E-state index >= 15 is 0 Å². The Labute approximate surface area is 140 Å². The number of hydrogen-bond acceptors (Lipinski definition) is 3. The van der Waals surface area contributed by atoms with Gasteiger partial charge in [0.2, 0.25) is 0 Å². The molecule has 2 heterocycles. The van der Waals surface area contributed by atoms with Crippen molar-refractivity contribution in [2.45, 2.75) is 13.0 Å². The summed E-state index contributed by atoms with van der Waals surface area (Å²) in [7, 11) is 1.68. The highest BCUT2D eigenvalue weighted by Gasteiger charge is 2.11. The SMILES string of the molecule is COc1ccccc1-c1nccn1CCc1nc2ccccc2[nH]1. The van der Waals surface area contributed by atoms with Gasteiger partial charge in [-0.15, -0.1) is 0 Å². The number of H-pyrrole nitrogens is 1. The molecule has 0 amide bonds. The Bertz CT molecular complexity index is 937. The molecule has 0 fully saturated rings. The van der Waals surface area contributed by atoms with Crippen molar-refractivity contribution in [2.75, 3.05) is 7.11 Å². The highest BCUT2D eigenvalue weighted by Crippen LogP contribution is 2.28. The number of nitrogens with one attached hydrogen (secondary N) is 1. The van der Waals surface area contributed by atoms with E-state index in [-0.39, 0.29) is 0 Å². The molecule has 0 aliphatic rings. The number of hydrogen-bond donors (Lipinski definition) is 1. The molecule has 0 spiro atoms. The molecule has 24 heavy (non-hydrogen) atoms. The number of methoxy groups -OCH3 is 1. The van der Waals surface area contributed by atoms with E-state index in [0.29, 0.717) is 0 Å². The molecule has 0 aliphatic heterocycles.